The first kappa shape index (κ1) is 15.1. The summed E-state index contributed by atoms with van der Waals surface area (Å²) in [4.78, 5) is 6.15. The fourth-order valence-corrected chi connectivity index (χ4v) is 2.12. The second-order valence-electron chi connectivity index (χ2n) is 4.80. The number of halogens is 3. The van der Waals surface area contributed by atoms with Gasteiger partial charge in [-0.1, -0.05) is 0 Å². The van der Waals surface area contributed by atoms with Crippen LogP contribution in [0.4, 0.5) is 19.0 Å². The summed E-state index contributed by atoms with van der Waals surface area (Å²) in [6.45, 7) is 5.86. The molecule has 1 fully saturated rings. The molecule has 0 spiro atoms. The van der Waals surface area contributed by atoms with Crippen LogP contribution in [0, 0.1) is 0 Å². The van der Waals surface area contributed by atoms with Crippen molar-refractivity contribution in [3.8, 4) is 0 Å². The van der Waals surface area contributed by atoms with Gasteiger partial charge in [-0.2, -0.15) is 13.2 Å². The van der Waals surface area contributed by atoms with E-state index in [0.29, 0.717) is 12.4 Å². The number of hydrogen-bond acceptors (Lipinski definition) is 4. The van der Waals surface area contributed by atoms with Crippen molar-refractivity contribution in [2.75, 3.05) is 44.6 Å². The maximum atomic E-state index is 12.4. The van der Waals surface area contributed by atoms with Crippen molar-refractivity contribution < 1.29 is 13.2 Å². The average molecular weight is 288 g/mol. The lowest BCUT2D eigenvalue weighted by molar-refractivity contribution is -0.137. The average Bonchev–Trinajstić information content (AvgIpc) is 2.44. The summed E-state index contributed by atoms with van der Waals surface area (Å²) in [5.74, 6) is 0.485. The zero-order chi connectivity index (χ0) is 14.4. The van der Waals surface area contributed by atoms with Gasteiger partial charge in [-0.05, 0) is 25.1 Å². The van der Waals surface area contributed by atoms with E-state index in [9.17, 15) is 13.2 Å². The largest absolute Gasteiger partial charge is 0.417 e. The Kier molecular flexibility index (Phi) is 5.19. The number of alkyl halides is 3. The van der Waals surface area contributed by atoms with Gasteiger partial charge in [-0.25, -0.2) is 4.98 Å². The van der Waals surface area contributed by atoms with Gasteiger partial charge in [0.2, 0.25) is 0 Å². The number of nitrogens with zero attached hydrogens (tertiary/aromatic N) is 2. The first-order valence-corrected chi connectivity index (χ1v) is 6.76. The van der Waals surface area contributed by atoms with E-state index in [4.69, 9.17) is 0 Å². The van der Waals surface area contributed by atoms with Crippen LogP contribution in [0.15, 0.2) is 18.3 Å². The van der Waals surface area contributed by atoms with Crippen molar-refractivity contribution in [3.05, 3.63) is 23.9 Å². The molecule has 2 rings (SSSR count). The summed E-state index contributed by atoms with van der Waals surface area (Å²) >= 11 is 0. The molecule has 20 heavy (non-hydrogen) atoms. The quantitative estimate of drug-likeness (QED) is 0.811. The highest BCUT2D eigenvalue weighted by atomic mass is 19.4. The highest BCUT2D eigenvalue weighted by Gasteiger charge is 2.30. The van der Waals surface area contributed by atoms with Gasteiger partial charge in [0.25, 0.3) is 0 Å². The molecule has 1 aliphatic heterocycles. The van der Waals surface area contributed by atoms with Crippen LogP contribution in [-0.2, 0) is 6.18 Å². The second-order valence-corrected chi connectivity index (χ2v) is 4.80. The third-order valence-corrected chi connectivity index (χ3v) is 3.26. The maximum absolute atomic E-state index is 12.4. The van der Waals surface area contributed by atoms with E-state index in [0.717, 1.165) is 51.4 Å². The Morgan fingerprint density at radius 3 is 2.60 bits per heavy atom. The van der Waals surface area contributed by atoms with Crippen LogP contribution >= 0.6 is 0 Å². The predicted molar refractivity (Wildman–Crippen MR) is 71.7 cm³/mol. The van der Waals surface area contributed by atoms with Crippen LogP contribution in [0.2, 0.25) is 0 Å². The zero-order valence-corrected chi connectivity index (χ0v) is 11.2. The highest BCUT2D eigenvalue weighted by Crippen LogP contribution is 2.28. The molecule has 0 atom stereocenters. The molecule has 1 aromatic heterocycles. The molecule has 0 bridgehead atoms. The third-order valence-electron chi connectivity index (χ3n) is 3.26. The molecule has 1 aliphatic rings. The molecule has 7 heteroatoms. The molecule has 0 aromatic carbocycles. The fraction of sp³-hybridized carbons (Fsp3) is 0.615. The van der Waals surface area contributed by atoms with E-state index in [1.807, 2.05) is 0 Å². The number of rotatable bonds is 5. The van der Waals surface area contributed by atoms with Gasteiger partial charge in [-0.15, -0.1) is 0 Å². The van der Waals surface area contributed by atoms with E-state index in [1.165, 1.54) is 6.07 Å². The topological polar surface area (TPSA) is 40.2 Å². The first-order chi connectivity index (χ1) is 9.55. The molecule has 0 aliphatic carbocycles. The normalized spacial score (nSPS) is 17.1. The lowest BCUT2D eigenvalue weighted by Gasteiger charge is -2.27. The molecular formula is C13H19F3N4. The number of hydrogen-bond donors (Lipinski definition) is 2. The van der Waals surface area contributed by atoms with Gasteiger partial charge in [0, 0.05) is 38.9 Å². The maximum Gasteiger partial charge on any atom is 0.417 e. The van der Waals surface area contributed by atoms with Crippen LogP contribution in [0.3, 0.4) is 0 Å². The number of anilines is 1. The number of nitrogens with one attached hydrogen (secondary N) is 2. The van der Waals surface area contributed by atoms with Crippen LogP contribution in [0.25, 0.3) is 0 Å². The molecule has 2 N–H and O–H groups in total. The van der Waals surface area contributed by atoms with Crippen LogP contribution < -0.4 is 10.6 Å². The minimum absolute atomic E-state index is 0.485. The van der Waals surface area contributed by atoms with Gasteiger partial charge < -0.3 is 15.5 Å². The molecule has 112 valence electrons. The number of aromatic nitrogens is 1. The molecule has 1 saturated heterocycles. The van der Waals surface area contributed by atoms with E-state index in [2.05, 4.69) is 20.5 Å². The minimum Gasteiger partial charge on any atom is -0.370 e. The van der Waals surface area contributed by atoms with Gasteiger partial charge >= 0.3 is 6.18 Å². The van der Waals surface area contributed by atoms with Gasteiger partial charge in [0.1, 0.15) is 5.82 Å². The summed E-state index contributed by atoms with van der Waals surface area (Å²) in [6, 6.07) is 2.42. The summed E-state index contributed by atoms with van der Waals surface area (Å²) in [5.41, 5.74) is -0.719. The lowest BCUT2D eigenvalue weighted by atomic mass is 10.2. The Bertz CT molecular complexity index is 399. The standard InChI is InChI=1S/C13H19F3N4/c14-13(15,16)11-2-3-12(19-10-11)18-4-1-7-20-8-5-17-6-9-20/h2-3,10,17H,1,4-9H2,(H,18,19). The van der Waals surface area contributed by atoms with Gasteiger partial charge in [0.15, 0.2) is 0 Å². The predicted octanol–water partition coefficient (Wildman–Crippen LogP) is 1.81. The van der Waals surface area contributed by atoms with E-state index >= 15 is 0 Å². The molecule has 1 aromatic rings. The second kappa shape index (κ2) is 6.90. The van der Waals surface area contributed by atoms with Crippen molar-refractivity contribution in [3.63, 3.8) is 0 Å². The molecular weight excluding hydrogens is 269 g/mol. The molecule has 2 heterocycles. The van der Waals surface area contributed by atoms with E-state index < -0.39 is 11.7 Å². The molecule has 0 unspecified atom stereocenters. The summed E-state index contributed by atoms with van der Waals surface area (Å²) in [5, 5.41) is 6.33. The van der Waals surface area contributed by atoms with Crippen molar-refractivity contribution in [2.45, 2.75) is 12.6 Å². The molecule has 4 nitrogen and oxygen atoms in total. The summed E-state index contributed by atoms with van der Waals surface area (Å²) < 4.78 is 37.1. The van der Waals surface area contributed by atoms with Crippen LogP contribution in [-0.4, -0.2) is 49.2 Å². The van der Waals surface area contributed by atoms with E-state index in [1.54, 1.807) is 0 Å². The Morgan fingerprint density at radius 1 is 1.25 bits per heavy atom. The monoisotopic (exact) mass is 288 g/mol. The fourth-order valence-electron chi connectivity index (χ4n) is 2.12. The molecule has 0 amide bonds. The van der Waals surface area contributed by atoms with E-state index in [-0.39, 0.29) is 0 Å². The summed E-state index contributed by atoms with van der Waals surface area (Å²) in [6.07, 6.45) is -2.52. The third kappa shape index (κ3) is 4.64. The van der Waals surface area contributed by atoms with Gasteiger partial charge in [0.05, 0.1) is 5.56 Å². The van der Waals surface area contributed by atoms with Crippen molar-refractivity contribution in [1.82, 2.24) is 15.2 Å². The SMILES string of the molecule is FC(F)(F)c1ccc(NCCCN2CCNCC2)nc1. The zero-order valence-electron chi connectivity index (χ0n) is 11.2. The first-order valence-electron chi connectivity index (χ1n) is 6.76. The summed E-state index contributed by atoms with van der Waals surface area (Å²) in [7, 11) is 0. The number of pyridine rings is 1. The smallest absolute Gasteiger partial charge is 0.370 e. The number of piperazine rings is 1. The Hall–Kier alpha value is -1.34. The van der Waals surface area contributed by atoms with Gasteiger partial charge in [-0.3, -0.25) is 0 Å². The Balaban J connectivity index is 1.68. The Morgan fingerprint density at radius 2 is 2.00 bits per heavy atom. The van der Waals surface area contributed by atoms with Crippen molar-refractivity contribution in [2.24, 2.45) is 0 Å². The highest BCUT2D eigenvalue weighted by molar-refractivity contribution is 5.35. The van der Waals surface area contributed by atoms with Crippen LogP contribution in [0.5, 0.6) is 0 Å². The minimum atomic E-state index is -4.33. The van der Waals surface area contributed by atoms with Crippen molar-refractivity contribution >= 4 is 5.82 Å². The molecule has 0 radical (unpaired) electrons. The lowest BCUT2D eigenvalue weighted by Crippen LogP contribution is -2.44. The molecule has 0 saturated carbocycles. The Labute approximate surface area is 116 Å². The van der Waals surface area contributed by atoms with Crippen molar-refractivity contribution in [1.29, 1.82) is 0 Å². The van der Waals surface area contributed by atoms with Crippen LogP contribution in [0.1, 0.15) is 12.0 Å².